The molecule has 3 N–H and O–H groups in total. The minimum atomic E-state index is -0.965. The summed E-state index contributed by atoms with van der Waals surface area (Å²) < 4.78 is 17.3. The van der Waals surface area contributed by atoms with Crippen LogP contribution in [0, 0.1) is 0 Å². The number of ether oxygens (including phenoxy) is 3. The van der Waals surface area contributed by atoms with E-state index < -0.39 is 11.8 Å². The topological polar surface area (TPSA) is 127 Å². The monoisotopic (exact) mass is 616 g/mol. The average Bonchev–Trinajstić information content (AvgIpc) is 2.89. The van der Waals surface area contributed by atoms with Crippen molar-refractivity contribution in [2.45, 2.75) is 13.8 Å². The summed E-state index contributed by atoms with van der Waals surface area (Å²) in [5.41, 5.74) is 3.62. The third kappa shape index (κ3) is 9.01. The third-order valence-corrected chi connectivity index (χ3v) is 5.63. The van der Waals surface area contributed by atoms with Gasteiger partial charge in [-0.25, -0.2) is 5.43 Å². The zero-order valence-electron chi connectivity index (χ0n) is 21.1. The largest absolute Gasteiger partial charge is 0.492 e. The number of rotatable bonds is 11. The maximum absolute atomic E-state index is 12.3. The first-order chi connectivity index (χ1) is 18.8. The third-order valence-electron chi connectivity index (χ3n) is 4.81. The highest BCUT2D eigenvalue weighted by atomic mass is 79.9. The zero-order valence-corrected chi connectivity index (χ0v) is 23.5. The molecule has 0 atom stereocenters. The van der Waals surface area contributed by atoms with E-state index in [1.54, 1.807) is 67.6 Å². The molecule has 3 aromatic rings. The summed E-state index contributed by atoms with van der Waals surface area (Å²) in [6.45, 7) is 4.07. The second-order valence-corrected chi connectivity index (χ2v) is 8.98. The molecule has 0 aromatic heterocycles. The summed E-state index contributed by atoms with van der Waals surface area (Å²) in [4.78, 5) is 36.8. The molecule has 12 heteroatoms. The second-order valence-electron chi connectivity index (χ2n) is 7.69. The lowest BCUT2D eigenvalue weighted by Gasteiger charge is -2.14. The lowest BCUT2D eigenvalue weighted by atomic mass is 10.2. The molecule has 10 nitrogen and oxygen atoms in total. The van der Waals surface area contributed by atoms with Crippen molar-refractivity contribution in [3.63, 3.8) is 0 Å². The first-order valence-electron chi connectivity index (χ1n) is 11.8. The summed E-state index contributed by atoms with van der Waals surface area (Å²) in [5.74, 6) is -1.15. The van der Waals surface area contributed by atoms with Crippen LogP contribution in [0.25, 0.3) is 0 Å². The molecule has 0 heterocycles. The Morgan fingerprint density at radius 3 is 2.38 bits per heavy atom. The summed E-state index contributed by atoms with van der Waals surface area (Å²) in [6.07, 6.45) is 1.34. The first-order valence-corrected chi connectivity index (χ1v) is 13.0. The van der Waals surface area contributed by atoms with E-state index >= 15 is 0 Å². The number of nitrogens with zero attached hydrogens (tertiary/aromatic N) is 1. The van der Waals surface area contributed by atoms with Crippen molar-refractivity contribution in [1.29, 1.82) is 0 Å². The van der Waals surface area contributed by atoms with Crippen LogP contribution in [0.5, 0.6) is 17.2 Å². The van der Waals surface area contributed by atoms with Gasteiger partial charge in [0.25, 0.3) is 5.91 Å². The first kappa shape index (κ1) is 29.5. The van der Waals surface area contributed by atoms with Crippen LogP contribution < -0.4 is 30.3 Å². The fourth-order valence-electron chi connectivity index (χ4n) is 3.21. The van der Waals surface area contributed by atoms with Gasteiger partial charge >= 0.3 is 11.8 Å². The van der Waals surface area contributed by atoms with Crippen LogP contribution in [0.1, 0.15) is 19.4 Å². The van der Waals surface area contributed by atoms with Gasteiger partial charge in [0.2, 0.25) is 0 Å². The molecule has 3 rings (SSSR count). The fourth-order valence-corrected chi connectivity index (χ4v) is 3.98. The highest BCUT2D eigenvalue weighted by Crippen LogP contribution is 2.36. The van der Waals surface area contributed by atoms with Crippen LogP contribution >= 0.6 is 27.5 Å². The number of amides is 3. The van der Waals surface area contributed by atoms with Crippen LogP contribution in [0.4, 0.5) is 11.4 Å². The van der Waals surface area contributed by atoms with Crippen LogP contribution in [-0.2, 0) is 14.4 Å². The predicted octanol–water partition coefficient (Wildman–Crippen LogP) is 5.01. The van der Waals surface area contributed by atoms with E-state index in [4.69, 9.17) is 25.8 Å². The zero-order chi connectivity index (χ0) is 28.2. The lowest BCUT2D eigenvalue weighted by molar-refractivity contribution is -0.136. The standard InChI is InChI=1S/C27H26BrClN4O6/c1-3-37-22-11-6-5-10-21(22)32-26(35)27(36)33-30-15-17-12-20(28)25(23(13-17)38-4-2)39-16-24(34)31-19-9-7-8-18(29)14-19/h5-15H,3-4,16H2,1-2H3,(H,31,34)(H,32,35)(H,33,36)/b30-15-. The van der Waals surface area contributed by atoms with E-state index in [-0.39, 0.29) is 12.5 Å². The Kier molecular flexibility index (Phi) is 11.1. The molecule has 0 saturated heterocycles. The highest BCUT2D eigenvalue weighted by molar-refractivity contribution is 9.10. The Hall–Kier alpha value is -4.09. The quantitative estimate of drug-likeness (QED) is 0.158. The van der Waals surface area contributed by atoms with Crippen molar-refractivity contribution in [2.24, 2.45) is 5.10 Å². The molecule has 0 aliphatic rings. The molecule has 0 spiro atoms. The molecule has 0 aliphatic heterocycles. The number of anilines is 2. The molecular weight excluding hydrogens is 592 g/mol. The smallest absolute Gasteiger partial charge is 0.329 e. The average molecular weight is 618 g/mol. The van der Waals surface area contributed by atoms with Gasteiger partial charge in [-0.2, -0.15) is 5.10 Å². The Labute approximate surface area is 238 Å². The number of hydrogen-bond donors (Lipinski definition) is 3. The van der Waals surface area contributed by atoms with Gasteiger partial charge in [-0.3, -0.25) is 14.4 Å². The van der Waals surface area contributed by atoms with Crippen molar-refractivity contribution < 1.29 is 28.6 Å². The Balaban J connectivity index is 1.62. The molecule has 0 radical (unpaired) electrons. The van der Waals surface area contributed by atoms with Gasteiger partial charge < -0.3 is 24.8 Å². The highest BCUT2D eigenvalue weighted by Gasteiger charge is 2.16. The van der Waals surface area contributed by atoms with Gasteiger partial charge in [0.1, 0.15) is 5.75 Å². The molecule has 0 fully saturated rings. The van der Waals surface area contributed by atoms with Gasteiger partial charge in [0.05, 0.1) is 29.6 Å². The summed E-state index contributed by atoms with van der Waals surface area (Å²) in [6, 6.07) is 16.8. The fraction of sp³-hybridized carbons (Fsp3) is 0.185. The van der Waals surface area contributed by atoms with E-state index in [0.717, 1.165) is 0 Å². The molecule has 0 bridgehead atoms. The summed E-state index contributed by atoms with van der Waals surface area (Å²) in [7, 11) is 0. The molecule has 3 aromatic carbocycles. The van der Waals surface area contributed by atoms with E-state index in [0.29, 0.717) is 56.9 Å². The Morgan fingerprint density at radius 1 is 0.897 bits per heavy atom. The van der Waals surface area contributed by atoms with Crippen molar-refractivity contribution in [3.8, 4) is 17.2 Å². The van der Waals surface area contributed by atoms with Crippen LogP contribution in [0.3, 0.4) is 0 Å². The molecule has 39 heavy (non-hydrogen) atoms. The molecule has 0 unspecified atom stereocenters. The normalized spacial score (nSPS) is 10.6. The molecule has 0 saturated carbocycles. The molecular formula is C27H26BrClN4O6. The maximum atomic E-state index is 12.3. The molecule has 0 aliphatic carbocycles. The number of carbonyl (C=O) groups is 3. The Morgan fingerprint density at radius 2 is 1.64 bits per heavy atom. The number of nitrogens with one attached hydrogen (secondary N) is 3. The van der Waals surface area contributed by atoms with Crippen molar-refractivity contribution in [1.82, 2.24) is 5.43 Å². The summed E-state index contributed by atoms with van der Waals surface area (Å²) >= 11 is 9.36. The summed E-state index contributed by atoms with van der Waals surface area (Å²) in [5, 5.41) is 9.55. The Bertz CT molecular complexity index is 1370. The van der Waals surface area contributed by atoms with Gasteiger partial charge in [-0.1, -0.05) is 29.8 Å². The van der Waals surface area contributed by atoms with Crippen molar-refractivity contribution >= 4 is 62.8 Å². The molecule has 204 valence electrons. The number of benzene rings is 3. The number of para-hydroxylation sites is 2. The SMILES string of the molecule is CCOc1ccccc1NC(=O)C(=O)N/N=C\c1cc(Br)c(OCC(=O)Nc2cccc(Cl)c2)c(OCC)c1. The minimum absolute atomic E-state index is 0.282. The van der Waals surface area contributed by atoms with Gasteiger partial charge in [0, 0.05) is 10.7 Å². The molecule has 3 amide bonds. The van der Waals surface area contributed by atoms with E-state index in [9.17, 15) is 14.4 Å². The number of hydrogen-bond acceptors (Lipinski definition) is 7. The van der Waals surface area contributed by atoms with E-state index in [1.807, 2.05) is 6.92 Å². The van der Waals surface area contributed by atoms with Crippen LogP contribution in [0.15, 0.2) is 70.2 Å². The van der Waals surface area contributed by atoms with Crippen molar-refractivity contribution in [2.75, 3.05) is 30.5 Å². The van der Waals surface area contributed by atoms with E-state index in [1.165, 1.54) is 6.21 Å². The number of hydrazone groups is 1. The van der Waals surface area contributed by atoms with Crippen LogP contribution in [-0.4, -0.2) is 43.8 Å². The van der Waals surface area contributed by atoms with Gasteiger partial charge in [-0.15, -0.1) is 0 Å². The van der Waals surface area contributed by atoms with Crippen LogP contribution in [0.2, 0.25) is 5.02 Å². The minimum Gasteiger partial charge on any atom is -0.492 e. The second kappa shape index (κ2) is 14.7. The van der Waals surface area contributed by atoms with E-state index in [2.05, 4.69) is 37.1 Å². The lowest BCUT2D eigenvalue weighted by Crippen LogP contribution is -2.32. The van der Waals surface area contributed by atoms with Gasteiger partial charge in [-0.05, 0) is 77.8 Å². The predicted molar refractivity (Wildman–Crippen MR) is 153 cm³/mol. The van der Waals surface area contributed by atoms with Gasteiger partial charge in [0.15, 0.2) is 18.1 Å². The maximum Gasteiger partial charge on any atom is 0.329 e. The van der Waals surface area contributed by atoms with Crippen molar-refractivity contribution in [3.05, 3.63) is 75.7 Å². The number of halogens is 2. The number of carbonyl (C=O) groups excluding carboxylic acids is 3.